The molecule has 0 bridgehead atoms. The van der Waals surface area contributed by atoms with Gasteiger partial charge in [0.2, 0.25) is 5.91 Å². The number of rotatable bonds is 6. The molecule has 0 aliphatic carbocycles. The number of nitrogens with zero attached hydrogens (tertiary/aromatic N) is 1. The van der Waals surface area contributed by atoms with Crippen LogP contribution >= 0.6 is 0 Å². The Balaban J connectivity index is 2.76. The summed E-state index contributed by atoms with van der Waals surface area (Å²) >= 11 is 0. The molecule has 4 nitrogen and oxygen atoms in total. The Bertz CT molecular complexity index is 410. The number of methoxy groups -OCH3 is 1. The van der Waals surface area contributed by atoms with Crippen LogP contribution < -0.4 is 10.1 Å². The summed E-state index contributed by atoms with van der Waals surface area (Å²) < 4.78 is 18.4. The van der Waals surface area contributed by atoms with E-state index in [2.05, 4.69) is 5.32 Å². The molecule has 0 spiro atoms. The normalized spacial score (nSPS) is 10.2. The third-order valence-corrected chi connectivity index (χ3v) is 2.65. The molecular weight excluding hydrogens is 235 g/mol. The average Bonchev–Trinajstić information content (AvgIpc) is 2.36. The summed E-state index contributed by atoms with van der Waals surface area (Å²) in [6, 6.07) is 4.73. The molecule has 0 atom stereocenters. The van der Waals surface area contributed by atoms with Gasteiger partial charge in [-0.2, -0.15) is 0 Å². The Hall–Kier alpha value is -1.62. The summed E-state index contributed by atoms with van der Waals surface area (Å²) in [7, 11) is 3.14. The molecule has 1 N–H and O–H groups in total. The largest absolute Gasteiger partial charge is 0.494 e. The van der Waals surface area contributed by atoms with Crippen molar-refractivity contribution in [2.75, 3.05) is 27.2 Å². The molecular formula is C13H19FN2O2. The highest BCUT2D eigenvalue weighted by molar-refractivity contribution is 5.78. The van der Waals surface area contributed by atoms with Crippen molar-refractivity contribution in [3.63, 3.8) is 0 Å². The third kappa shape index (κ3) is 3.70. The van der Waals surface area contributed by atoms with Gasteiger partial charge in [0.05, 0.1) is 13.7 Å². The fourth-order valence-electron chi connectivity index (χ4n) is 1.67. The van der Waals surface area contributed by atoms with Gasteiger partial charge < -0.3 is 15.0 Å². The molecule has 0 aromatic heterocycles. The molecule has 0 saturated carbocycles. The monoisotopic (exact) mass is 254 g/mol. The molecule has 1 aromatic carbocycles. The minimum atomic E-state index is -0.410. The summed E-state index contributed by atoms with van der Waals surface area (Å²) in [4.78, 5) is 13.4. The smallest absolute Gasteiger partial charge is 0.236 e. The standard InChI is InChI=1S/C13H19FN2O2/c1-4-16(13(17)8-15-2)9-10-5-6-12(18-3)11(14)7-10/h5-7,15H,4,8-9H2,1-3H3. The van der Waals surface area contributed by atoms with Gasteiger partial charge in [-0.15, -0.1) is 0 Å². The van der Waals surface area contributed by atoms with Gasteiger partial charge in [-0.1, -0.05) is 6.07 Å². The quantitative estimate of drug-likeness (QED) is 0.834. The number of amides is 1. The van der Waals surface area contributed by atoms with E-state index in [0.29, 0.717) is 13.1 Å². The molecule has 1 amide bonds. The minimum absolute atomic E-state index is 0.00349. The molecule has 5 heteroatoms. The van der Waals surface area contributed by atoms with Crippen LogP contribution in [0.2, 0.25) is 0 Å². The second-order valence-corrected chi connectivity index (χ2v) is 3.91. The summed E-state index contributed by atoms with van der Waals surface area (Å²) in [5.74, 6) is -0.202. The predicted molar refractivity (Wildman–Crippen MR) is 68.0 cm³/mol. The van der Waals surface area contributed by atoms with Crippen molar-refractivity contribution >= 4 is 5.91 Å². The Labute approximate surface area is 107 Å². The molecule has 0 fully saturated rings. The highest BCUT2D eigenvalue weighted by Crippen LogP contribution is 2.18. The Morgan fingerprint density at radius 2 is 2.22 bits per heavy atom. The molecule has 0 heterocycles. The first-order valence-electron chi connectivity index (χ1n) is 5.87. The maximum absolute atomic E-state index is 13.5. The number of likely N-dealkylation sites (N-methyl/N-ethyl adjacent to an activating group) is 2. The van der Waals surface area contributed by atoms with E-state index < -0.39 is 5.82 Å². The SMILES string of the molecule is CCN(Cc1ccc(OC)c(F)c1)C(=O)CNC. The lowest BCUT2D eigenvalue weighted by Crippen LogP contribution is -2.36. The Morgan fingerprint density at radius 3 is 2.72 bits per heavy atom. The second-order valence-electron chi connectivity index (χ2n) is 3.91. The van der Waals surface area contributed by atoms with Crippen LogP contribution in [0.3, 0.4) is 0 Å². The zero-order valence-corrected chi connectivity index (χ0v) is 11.0. The van der Waals surface area contributed by atoms with E-state index in [1.54, 1.807) is 24.1 Å². The second kappa shape index (κ2) is 6.96. The van der Waals surface area contributed by atoms with Gasteiger partial charge >= 0.3 is 0 Å². The van der Waals surface area contributed by atoms with E-state index in [1.165, 1.54) is 13.2 Å². The van der Waals surface area contributed by atoms with Crippen LogP contribution in [0.15, 0.2) is 18.2 Å². The average molecular weight is 254 g/mol. The lowest BCUT2D eigenvalue weighted by Gasteiger charge is -2.21. The fourth-order valence-corrected chi connectivity index (χ4v) is 1.67. The summed E-state index contributed by atoms with van der Waals surface area (Å²) in [6.07, 6.45) is 0. The van der Waals surface area contributed by atoms with Crippen molar-refractivity contribution in [3.8, 4) is 5.75 Å². The van der Waals surface area contributed by atoms with Crippen molar-refractivity contribution < 1.29 is 13.9 Å². The van der Waals surface area contributed by atoms with E-state index >= 15 is 0 Å². The van der Waals surface area contributed by atoms with E-state index in [0.717, 1.165) is 5.56 Å². The number of carbonyl (C=O) groups is 1. The van der Waals surface area contributed by atoms with E-state index in [9.17, 15) is 9.18 Å². The number of ether oxygens (including phenoxy) is 1. The molecule has 0 unspecified atom stereocenters. The van der Waals surface area contributed by atoms with Crippen molar-refractivity contribution in [2.24, 2.45) is 0 Å². The third-order valence-electron chi connectivity index (χ3n) is 2.65. The van der Waals surface area contributed by atoms with Gasteiger partial charge in [-0.25, -0.2) is 4.39 Å². The molecule has 0 aliphatic heterocycles. The van der Waals surface area contributed by atoms with Gasteiger partial charge in [0.1, 0.15) is 0 Å². The van der Waals surface area contributed by atoms with Gasteiger partial charge in [0.15, 0.2) is 11.6 Å². The van der Waals surface area contributed by atoms with Crippen LogP contribution in [0, 0.1) is 5.82 Å². The Kier molecular flexibility index (Phi) is 5.58. The van der Waals surface area contributed by atoms with Crippen LogP contribution in [-0.4, -0.2) is 38.1 Å². The van der Waals surface area contributed by atoms with Gasteiger partial charge in [0, 0.05) is 13.1 Å². The lowest BCUT2D eigenvalue weighted by atomic mass is 10.2. The molecule has 100 valence electrons. The van der Waals surface area contributed by atoms with Crippen LogP contribution in [0.1, 0.15) is 12.5 Å². The maximum atomic E-state index is 13.5. The predicted octanol–water partition coefficient (Wildman–Crippen LogP) is 1.40. The van der Waals surface area contributed by atoms with Crippen molar-refractivity contribution in [1.82, 2.24) is 10.2 Å². The fraction of sp³-hybridized carbons (Fsp3) is 0.462. The van der Waals surface area contributed by atoms with Gasteiger partial charge in [-0.3, -0.25) is 4.79 Å². The highest BCUT2D eigenvalue weighted by atomic mass is 19.1. The van der Waals surface area contributed by atoms with Gasteiger partial charge in [0.25, 0.3) is 0 Å². The van der Waals surface area contributed by atoms with Crippen LogP contribution in [0.25, 0.3) is 0 Å². The lowest BCUT2D eigenvalue weighted by molar-refractivity contribution is -0.130. The van der Waals surface area contributed by atoms with E-state index in [4.69, 9.17) is 4.74 Å². The molecule has 0 saturated heterocycles. The van der Waals surface area contributed by atoms with Crippen molar-refractivity contribution in [3.05, 3.63) is 29.6 Å². The molecule has 18 heavy (non-hydrogen) atoms. The first-order valence-corrected chi connectivity index (χ1v) is 5.87. The maximum Gasteiger partial charge on any atom is 0.236 e. The zero-order chi connectivity index (χ0) is 13.5. The van der Waals surface area contributed by atoms with Crippen LogP contribution in [-0.2, 0) is 11.3 Å². The summed E-state index contributed by atoms with van der Waals surface area (Å²) in [5.41, 5.74) is 0.750. The van der Waals surface area contributed by atoms with E-state index in [-0.39, 0.29) is 18.2 Å². The van der Waals surface area contributed by atoms with Crippen molar-refractivity contribution in [1.29, 1.82) is 0 Å². The first kappa shape index (κ1) is 14.4. The van der Waals surface area contributed by atoms with Crippen molar-refractivity contribution in [2.45, 2.75) is 13.5 Å². The number of hydrogen-bond donors (Lipinski definition) is 1. The zero-order valence-electron chi connectivity index (χ0n) is 11.0. The van der Waals surface area contributed by atoms with Crippen LogP contribution in [0.4, 0.5) is 4.39 Å². The number of hydrogen-bond acceptors (Lipinski definition) is 3. The minimum Gasteiger partial charge on any atom is -0.494 e. The molecule has 1 aromatic rings. The number of carbonyl (C=O) groups excluding carboxylic acids is 1. The Morgan fingerprint density at radius 1 is 1.50 bits per heavy atom. The molecule has 1 rings (SSSR count). The number of halogens is 1. The highest BCUT2D eigenvalue weighted by Gasteiger charge is 2.12. The van der Waals surface area contributed by atoms with E-state index in [1.807, 2.05) is 6.92 Å². The van der Waals surface area contributed by atoms with Gasteiger partial charge in [-0.05, 0) is 31.7 Å². The molecule has 0 aliphatic rings. The number of benzene rings is 1. The van der Waals surface area contributed by atoms with Crippen LogP contribution in [0.5, 0.6) is 5.75 Å². The summed E-state index contributed by atoms with van der Waals surface area (Å²) in [5, 5.41) is 2.81. The number of nitrogens with one attached hydrogen (secondary N) is 1. The summed E-state index contributed by atoms with van der Waals surface area (Å²) in [6.45, 7) is 3.17. The molecule has 0 radical (unpaired) electrons. The topological polar surface area (TPSA) is 41.6 Å². The first-order chi connectivity index (χ1) is 8.62.